The van der Waals surface area contributed by atoms with Crippen LogP contribution in [-0.2, 0) is 9.53 Å². The molecule has 0 heterocycles. The summed E-state index contributed by atoms with van der Waals surface area (Å²) in [4.78, 5) is 11.1. The van der Waals surface area contributed by atoms with Crippen molar-refractivity contribution in [1.29, 1.82) is 0 Å². The van der Waals surface area contributed by atoms with Gasteiger partial charge in [0, 0.05) is 18.2 Å². The number of benzene rings is 1. The van der Waals surface area contributed by atoms with Crippen molar-refractivity contribution in [2.75, 3.05) is 13.7 Å². The molecule has 1 N–H and O–H groups in total. The standard InChI is InChI=1S/C12H15BrO3/c1-16-8-2-3-11(12(14)15)9-4-6-10(13)7-5-9/h4-7,11H,2-3,8H2,1H3,(H,14,15). The van der Waals surface area contributed by atoms with Crippen LogP contribution in [0, 0.1) is 0 Å². The largest absolute Gasteiger partial charge is 0.481 e. The summed E-state index contributed by atoms with van der Waals surface area (Å²) in [5.74, 6) is -1.22. The van der Waals surface area contributed by atoms with Crippen molar-refractivity contribution >= 4 is 21.9 Å². The highest BCUT2D eigenvalue weighted by molar-refractivity contribution is 9.10. The number of halogens is 1. The Bertz CT molecular complexity index is 335. The zero-order chi connectivity index (χ0) is 12.0. The molecule has 0 aliphatic heterocycles. The molecule has 0 radical (unpaired) electrons. The third-order valence-electron chi connectivity index (χ3n) is 2.41. The Labute approximate surface area is 104 Å². The number of ether oxygens (including phenoxy) is 1. The molecule has 0 aromatic heterocycles. The van der Waals surface area contributed by atoms with Crippen molar-refractivity contribution in [2.24, 2.45) is 0 Å². The van der Waals surface area contributed by atoms with E-state index in [4.69, 9.17) is 9.84 Å². The van der Waals surface area contributed by atoms with Crippen molar-refractivity contribution in [1.82, 2.24) is 0 Å². The molecule has 1 rings (SSSR count). The van der Waals surface area contributed by atoms with Gasteiger partial charge < -0.3 is 9.84 Å². The molecule has 1 unspecified atom stereocenters. The van der Waals surface area contributed by atoms with Gasteiger partial charge in [0.05, 0.1) is 5.92 Å². The van der Waals surface area contributed by atoms with Gasteiger partial charge in [0.2, 0.25) is 0 Å². The first-order valence-corrected chi connectivity index (χ1v) is 5.91. The van der Waals surface area contributed by atoms with Gasteiger partial charge in [-0.25, -0.2) is 0 Å². The maximum atomic E-state index is 11.1. The Hall–Kier alpha value is -0.870. The Kier molecular flexibility index (Phi) is 5.49. The molecule has 3 nitrogen and oxygen atoms in total. The summed E-state index contributed by atoms with van der Waals surface area (Å²) in [5.41, 5.74) is 0.840. The Morgan fingerprint density at radius 2 is 2.06 bits per heavy atom. The molecule has 0 amide bonds. The van der Waals surface area contributed by atoms with Gasteiger partial charge in [-0.1, -0.05) is 28.1 Å². The first kappa shape index (κ1) is 13.2. The molecule has 1 aromatic rings. The van der Waals surface area contributed by atoms with Gasteiger partial charge in [0.25, 0.3) is 0 Å². The van der Waals surface area contributed by atoms with Crippen molar-refractivity contribution in [3.63, 3.8) is 0 Å². The summed E-state index contributed by atoms with van der Waals surface area (Å²) in [5, 5.41) is 9.14. The molecule has 1 aromatic carbocycles. The van der Waals surface area contributed by atoms with Crippen LogP contribution in [0.2, 0.25) is 0 Å². The maximum Gasteiger partial charge on any atom is 0.310 e. The topological polar surface area (TPSA) is 46.5 Å². The molecule has 0 saturated heterocycles. The van der Waals surface area contributed by atoms with Gasteiger partial charge in [-0.3, -0.25) is 4.79 Å². The molecular weight excluding hydrogens is 272 g/mol. The van der Waals surface area contributed by atoms with E-state index in [1.807, 2.05) is 24.3 Å². The van der Waals surface area contributed by atoms with Gasteiger partial charge >= 0.3 is 5.97 Å². The third-order valence-corrected chi connectivity index (χ3v) is 2.94. The van der Waals surface area contributed by atoms with E-state index in [9.17, 15) is 4.79 Å². The predicted octanol–water partition coefficient (Wildman–Crippen LogP) is 3.04. The third kappa shape index (κ3) is 3.94. The van der Waals surface area contributed by atoms with Crippen LogP contribution in [0.4, 0.5) is 0 Å². The summed E-state index contributed by atoms with van der Waals surface area (Å²) < 4.78 is 5.88. The highest BCUT2D eigenvalue weighted by Crippen LogP contribution is 2.23. The second-order valence-electron chi connectivity index (χ2n) is 3.58. The predicted molar refractivity (Wildman–Crippen MR) is 65.6 cm³/mol. The number of hydrogen-bond donors (Lipinski definition) is 1. The second kappa shape index (κ2) is 6.66. The van der Waals surface area contributed by atoms with Crippen molar-refractivity contribution < 1.29 is 14.6 Å². The van der Waals surface area contributed by atoms with Crippen molar-refractivity contribution in [3.8, 4) is 0 Å². The van der Waals surface area contributed by atoms with E-state index in [0.29, 0.717) is 13.0 Å². The van der Waals surface area contributed by atoms with Crippen LogP contribution in [0.5, 0.6) is 0 Å². The minimum absolute atomic E-state index is 0.441. The fourth-order valence-electron chi connectivity index (χ4n) is 1.56. The van der Waals surface area contributed by atoms with Gasteiger partial charge in [-0.2, -0.15) is 0 Å². The van der Waals surface area contributed by atoms with E-state index in [0.717, 1.165) is 16.5 Å². The number of hydrogen-bond acceptors (Lipinski definition) is 2. The van der Waals surface area contributed by atoms with E-state index >= 15 is 0 Å². The lowest BCUT2D eigenvalue weighted by atomic mass is 9.95. The van der Waals surface area contributed by atoms with Gasteiger partial charge in [-0.05, 0) is 30.5 Å². The summed E-state index contributed by atoms with van der Waals surface area (Å²) in [7, 11) is 1.62. The number of carbonyl (C=O) groups is 1. The molecular formula is C12H15BrO3. The molecule has 4 heteroatoms. The number of methoxy groups -OCH3 is 1. The molecule has 0 aliphatic rings. The van der Waals surface area contributed by atoms with Gasteiger partial charge in [0.15, 0.2) is 0 Å². The summed E-state index contributed by atoms with van der Waals surface area (Å²) in [6.07, 6.45) is 1.36. The molecule has 88 valence electrons. The molecule has 0 spiro atoms. The Balaban J connectivity index is 2.69. The number of carboxylic acid groups (broad SMARTS) is 1. The number of rotatable bonds is 6. The number of aliphatic carboxylic acids is 1. The Morgan fingerprint density at radius 1 is 1.44 bits per heavy atom. The fourth-order valence-corrected chi connectivity index (χ4v) is 1.82. The molecule has 0 aliphatic carbocycles. The summed E-state index contributed by atoms with van der Waals surface area (Å²) >= 11 is 3.33. The first-order chi connectivity index (χ1) is 7.65. The van der Waals surface area contributed by atoms with Crippen LogP contribution in [0.1, 0.15) is 24.3 Å². The van der Waals surface area contributed by atoms with E-state index in [2.05, 4.69) is 15.9 Å². The lowest BCUT2D eigenvalue weighted by molar-refractivity contribution is -0.139. The van der Waals surface area contributed by atoms with Gasteiger partial charge in [0.1, 0.15) is 0 Å². The zero-order valence-electron chi connectivity index (χ0n) is 9.15. The lowest BCUT2D eigenvalue weighted by Crippen LogP contribution is -2.12. The average molecular weight is 287 g/mol. The van der Waals surface area contributed by atoms with E-state index < -0.39 is 11.9 Å². The lowest BCUT2D eigenvalue weighted by Gasteiger charge is -2.12. The normalized spacial score (nSPS) is 12.4. The highest BCUT2D eigenvalue weighted by Gasteiger charge is 2.18. The smallest absolute Gasteiger partial charge is 0.310 e. The summed E-state index contributed by atoms with van der Waals surface area (Å²) in [6, 6.07) is 7.41. The SMILES string of the molecule is COCCCC(C(=O)O)c1ccc(Br)cc1. The Morgan fingerprint density at radius 3 is 2.56 bits per heavy atom. The minimum Gasteiger partial charge on any atom is -0.481 e. The van der Waals surface area contributed by atoms with Crippen LogP contribution in [0.3, 0.4) is 0 Å². The van der Waals surface area contributed by atoms with E-state index in [-0.39, 0.29) is 0 Å². The molecule has 0 bridgehead atoms. The first-order valence-electron chi connectivity index (χ1n) is 5.12. The summed E-state index contributed by atoms with van der Waals surface area (Å²) in [6.45, 7) is 0.598. The number of carboxylic acids is 1. The monoisotopic (exact) mass is 286 g/mol. The average Bonchev–Trinajstić information content (AvgIpc) is 2.26. The molecule has 1 atom stereocenters. The highest BCUT2D eigenvalue weighted by atomic mass is 79.9. The van der Waals surface area contributed by atoms with Crippen LogP contribution in [0.15, 0.2) is 28.7 Å². The van der Waals surface area contributed by atoms with Crippen molar-refractivity contribution in [3.05, 3.63) is 34.3 Å². The minimum atomic E-state index is -0.779. The van der Waals surface area contributed by atoms with Crippen LogP contribution in [-0.4, -0.2) is 24.8 Å². The molecule has 16 heavy (non-hydrogen) atoms. The zero-order valence-corrected chi connectivity index (χ0v) is 10.7. The van der Waals surface area contributed by atoms with Crippen molar-refractivity contribution in [2.45, 2.75) is 18.8 Å². The van der Waals surface area contributed by atoms with E-state index in [1.165, 1.54) is 0 Å². The fraction of sp³-hybridized carbons (Fsp3) is 0.417. The van der Waals surface area contributed by atoms with Crippen LogP contribution >= 0.6 is 15.9 Å². The maximum absolute atomic E-state index is 11.1. The quantitative estimate of drug-likeness (QED) is 0.818. The van der Waals surface area contributed by atoms with Gasteiger partial charge in [-0.15, -0.1) is 0 Å². The molecule has 0 saturated carbocycles. The molecule has 0 fully saturated rings. The van der Waals surface area contributed by atoms with E-state index in [1.54, 1.807) is 7.11 Å². The van der Waals surface area contributed by atoms with Crippen LogP contribution < -0.4 is 0 Å². The van der Waals surface area contributed by atoms with Crippen LogP contribution in [0.25, 0.3) is 0 Å². The second-order valence-corrected chi connectivity index (χ2v) is 4.49.